The molecule has 0 spiro atoms. The fourth-order valence-electron chi connectivity index (χ4n) is 0.483. The first kappa shape index (κ1) is 42.5. The molecule has 0 amide bonds. The van der Waals surface area contributed by atoms with E-state index >= 15 is 0 Å². The zero-order valence-electron chi connectivity index (χ0n) is 15.6. The second-order valence-electron chi connectivity index (χ2n) is 3.73. The maximum absolute atomic E-state index is 9.52. The van der Waals surface area contributed by atoms with Crippen molar-refractivity contribution in [2.75, 3.05) is 26.4 Å². The smallest absolute Gasteiger partial charge is 0.781 e. The fraction of sp³-hybridized carbons (Fsp3) is 0.500. The molecule has 0 bridgehead atoms. The molecule has 4 atom stereocenters. The van der Waals surface area contributed by atoms with Crippen LogP contribution in [0, 0.1) is 0 Å². The van der Waals surface area contributed by atoms with Crippen LogP contribution >= 0.6 is 33.0 Å². The van der Waals surface area contributed by atoms with Gasteiger partial charge in [-0.3, -0.25) is 0 Å². The van der Waals surface area contributed by atoms with Crippen molar-refractivity contribution in [3.63, 3.8) is 0 Å². The minimum Gasteiger partial charge on any atom is -0.781 e. The monoisotopic (exact) mass is 646 g/mol. The van der Waals surface area contributed by atoms with Crippen molar-refractivity contribution in [3.8, 4) is 0 Å². The minimum atomic E-state index is -3.31. The van der Waals surface area contributed by atoms with Crippen LogP contribution in [0.1, 0.15) is 0 Å². The van der Waals surface area contributed by atoms with Gasteiger partial charge in [0.1, 0.15) is 33.0 Å². The van der Waals surface area contributed by atoms with Gasteiger partial charge in [-0.2, -0.15) is 0 Å². The third-order valence-corrected chi connectivity index (χ3v) is 2.77. The fourth-order valence-corrected chi connectivity index (χ4v) is 1.45. The summed E-state index contributed by atoms with van der Waals surface area (Å²) in [4.78, 5) is 76.0. The van der Waals surface area contributed by atoms with Crippen molar-refractivity contribution in [1.82, 2.24) is 0 Å². The van der Waals surface area contributed by atoms with Crippen LogP contribution in [0.4, 0.5) is 0 Å². The summed E-state index contributed by atoms with van der Waals surface area (Å²) in [5.74, 6) is -5.17. The van der Waals surface area contributed by atoms with Crippen molar-refractivity contribution in [3.05, 3.63) is 0 Å². The molecule has 0 aromatic rings. The van der Waals surface area contributed by atoms with E-state index in [0.29, 0.717) is 0 Å². The Balaban J connectivity index is -0.000000105. The van der Waals surface area contributed by atoms with Crippen LogP contribution in [0.2, 0.25) is 0 Å². The molecule has 0 aliphatic rings. The summed E-state index contributed by atoms with van der Waals surface area (Å²) >= 11 is 0. The summed E-state index contributed by atoms with van der Waals surface area (Å²) in [6.07, 6.45) is 0. The molecule has 20 nitrogen and oxygen atoms in total. The average molecular weight is 647 g/mol. The van der Waals surface area contributed by atoms with Gasteiger partial charge in [0.15, 0.2) is 26.4 Å². The van der Waals surface area contributed by atoms with E-state index in [1.54, 1.807) is 0 Å². The van der Waals surface area contributed by atoms with E-state index in [1.807, 2.05) is 0 Å². The zero-order valence-corrected chi connectivity index (χ0v) is 22.1. The van der Waals surface area contributed by atoms with Crippen molar-refractivity contribution in [1.29, 1.82) is 0 Å². The van der Waals surface area contributed by atoms with Gasteiger partial charge in [-0.25, -0.2) is 19.2 Å². The second-order valence-corrected chi connectivity index (χ2v) is 6.88. The van der Waals surface area contributed by atoms with Gasteiger partial charge in [-0.15, -0.1) is 0 Å². The molecule has 0 aromatic carbocycles. The van der Waals surface area contributed by atoms with Gasteiger partial charge < -0.3 is 76.4 Å². The van der Waals surface area contributed by atoms with Gasteiger partial charge >= 0.3 is 50.1 Å². The third-order valence-electron chi connectivity index (χ3n) is 1.25. The van der Waals surface area contributed by atoms with Gasteiger partial charge in [0.2, 0.25) is 0 Å². The molecule has 0 heterocycles. The van der Waals surface area contributed by atoms with Crippen LogP contribution in [0.25, 0.3) is 0 Å². The molecule has 33 heavy (non-hydrogen) atoms. The Labute approximate surface area is 205 Å². The van der Waals surface area contributed by atoms with Gasteiger partial charge in [0.05, 0.1) is 0 Å². The summed E-state index contributed by atoms with van der Waals surface area (Å²) in [7, 11) is -13.2. The SMILES string of the molecule is O=C(O)CO[PH](=O)[O-].O=C(O)CO[PH](=O)[O-].O=C(O)CO[PH](=O)[O-].O=C(O)CO[PH](=O)[O-].[Zr+4]. The van der Waals surface area contributed by atoms with E-state index in [9.17, 15) is 57.0 Å². The first-order chi connectivity index (χ1) is 14.5. The van der Waals surface area contributed by atoms with Gasteiger partial charge in [-0.05, 0) is 0 Å². The number of carbonyl (C=O) groups is 4. The molecule has 0 aliphatic heterocycles. The number of aliphatic carboxylic acids is 4. The Morgan fingerprint density at radius 2 is 0.606 bits per heavy atom. The third kappa shape index (κ3) is 72.1. The van der Waals surface area contributed by atoms with Crippen LogP contribution in [0.15, 0.2) is 0 Å². The normalized spacial score (nSPS) is 12.7. The van der Waals surface area contributed by atoms with Crippen molar-refractivity contribution >= 4 is 56.9 Å². The first-order valence-electron chi connectivity index (χ1n) is 6.73. The standard InChI is InChI=1S/4C2H5O5P.Zr/c4*3-2(4)1-7-8(5)6;/h4*8H,1H2,(H,3,4)(H,5,6);/q;;;;+4/p-4. The number of hydrogen-bond acceptors (Lipinski definition) is 16. The van der Waals surface area contributed by atoms with Crippen molar-refractivity contribution in [2.45, 2.75) is 0 Å². The van der Waals surface area contributed by atoms with E-state index in [0.717, 1.165) is 0 Å². The van der Waals surface area contributed by atoms with Crippen LogP contribution < -0.4 is 19.6 Å². The second kappa shape index (κ2) is 29.4. The van der Waals surface area contributed by atoms with Gasteiger partial charge in [-0.1, -0.05) is 0 Å². The molecule has 192 valence electrons. The van der Waals surface area contributed by atoms with E-state index < -0.39 is 83.3 Å². The molecular formula is C8H16O20P4Zr. The Morgan fingerprint density at radius 3 is 0.636 bits per heavy atom. The summed E-state index contributed by atoms with van der Waals surface area (Å²) in [5.41, 5.74) is 0. The van der Waals surface area contributed by atoms with E-state index in [-0.39, 0.29) is 26.2 Å². The largest absolute Gasteiger partial charge is 4.00 e. The minimum absolute atomic E-state index is 0. The van der Waals surface area contributed by atoms with Gasteiger partial charge in [0, 0.05) is 0 Å². The Hall–Kier alpha value is -0.637. The first-order valence-corrected chi connectivity index (χ1v) is 11.6. The van der Waals surface area contributed by atoms with E-state index in [4.69, 9.17) is 20.4 Å². The number of hydrogen-bond donors (Lipinski definition) is 4. The molecule has 0 fully saturated rings. The van der Waals surface area contributed by atoms with Crippen LogP contribution in [0.3, 0.4) is 0 Å². The predicted molar refractivity (Wildman–Crippen MR) is 90.4 cm³/mol. The maximum Gasteiger partial charge on any atom is 4.00 e. The molecule has 0 radical (unpaired) electrons. The summed E-state index contributed by atoms with van der Waals surface area (Å²) in [6, 6.07) is 0. The molecule has 4 unspecified atom stereocenters. The van der Waals surface area contributed by atoms with Crippen LogP contribution in [-0.4, -0.2) is 70.7 Å². The molecule has 25 heteroatoms. The molecule has 0 aliphatic carbocycles. The molecule has 0 saturated carbocycles. The Kier molecular flexibility index (Phi) is 37.9. The van der Waals surface area contributed by atoms with Crippen LogP contribution in [-0.2, 0) is 81.7 Å². The molecule has 0 rings (SSSR count). The Morgan fingerprint density at radius 1 is 0.485 bits per heavy atom. The quantitative estimate of drug-likeness (QED) is 0.145. The molecule has 0 saturated heterocycles. The average Bonchev–Trinajstić information content (AvgIpc) is 2.63. The van der Waals surface area contributed by atoms with Crippen molar-refractivity contribution < 1.29 is 122 Å². The van der Waals surface area contributed by atoms with E-state index in [2.05, 4.69) is 18.1 Å². The molecule has 0 aromatic heterocycles. The topological polar surface area (TPSA) is 347 Å². The van der Waals surface area contributed by atoms with Gasteiger partial charge in [0.25, 0.3) is 0 Å². The summed E-state index contributed by atoms with van der Waals surface area (Å²) in [5, 5.41) is 31.1. The maximum atomic E-state index is 9.52. The predicted octanol–water partition coefficient (Wildman–Crippen LogP) is -4.65. The zero-order chi connectivity index (χ0) is 26.3. The Bertz CT molecular complexity index is 498. The molecule has 4 N–H and O–H groups in total. The summed E-state index contributed by atoms with van der Waals surface area (Å²) < 4.78 is 52.7. The van der Waals surface area contributed by atoms with E-state index in [1.165, 1.54) is 0 Å². The number of rotatable bonds is 12. The summed E-state index contributed by atoms with van der Waals surface area (Å²) in [6.45, 7) is -3.11. The molecular weight excluding hydrogens is 631 g/mol. The number of carboxylic acid groups (broad SMARTS) is 4. The number of carboxylic acids is 4. The van der Waals surface area contributed by atoms with Crippen LogP contribution in [0.5, 0.6) is 0 Å². The van der Waals surface area contributed by atoms with Crippen molar-refractivity contribution in [2.24, 2.45) is 0 Å².